The predicted octanol–water partition coefficient (Wildman–Crippen LogP) is 0.919. The Kier molecular flexibility index (Phi) is 2.14. The molecule has 0 aromatic heterocycles. The Morgan fingerprint density at radius 3 is 2.31 bits per heavy atom. The van der Waals surface area contributed by atoms with E-state index in [0.717, 1.165) is 5.56 Å². The maximum Gasteiger partial charge on any atom is 0.239 e. The van der Waals surface area contributed by atoms with Crippen LogP contribution in [-0.2, 0) is 4.79 Å². The quantitative estimate of drug-likeness (QED) is 0.788. The summed E-state index contributed by atoms with van der Waals surface area (Å²) in [6.07, 6.45) is 0. The van der Waals surface area contributed by atoms with E-state index in [1.165, 1.54) is 0 Å². The van der Waals surface area contributed by atoms with Gasteiger partial charge in [0.15, 0.2) is 5.41 Å². The van der Waals surface area contributed by atoms with Crippen LogP contribution in [-0.4, -0.2) is 5.91 Å². The minimum Gasteiger partial charge on any atom is -0.368 e. The first-order valence-electron chi connectivity index (χ1n) is 4.84. The minimum atomic E-state index is -1.34. The molecule has 0 spiro atoms. The van der Waals surface area contributed by atoms with Crippen molar-refractivity contribution in [3.05, 3.63) is 35.9 Å². The highest BCUT2D eigenvalue weighted by molar-refractivity contribution is 5.90. The van der Waals surface area contributed by atoms with Gasteiger partial charge in [0, 0.05) is 5.92 Å². The maximum atomic E-state index is 11.3. The van der Waals surface area contributed by atoms with Gasteiger partial charge in [-0.15, -0.1) is 0 Å². The van der Waals surface area contributed by atoms with Crippen LogP contribution in [0.1, 0.15) is 11.5 Å². The van der Waals surface area contributed by atoms with Gasteiger partial charge in [-0.1, -0.05) is 30.3 Å². The molecule has 0 radical (unpaired) electrons. The Bertz CT molecular complexity index is 511. The molecule has 1 saturated carbocycles. The molecule has 0 unspecified atom stereocenters. The summed E-state index contributed by atoms with van der Waals surface area (Å²) in [7, 11) is 0. The van der Waals surface area contributed by atoms with Crippen LogP contribution in [0.3, 0.4) is 0 Å². The number of rotatable bonds is 2. The summed E-state index contributed by atoms with van der Waals surface area (Å²) in [5.74, 6) is -1.73. The number of nitrogens with two attached hydrogens (primary N) is 1. The molecule has 1 fully saturated rings. The van der Waals surface area contributed by atoms with E-state index in [1.54, 1.807) is 12.1 Å². The third-order valence-electron chi connectivity index (χ3n) is 3.10. The average molecular weight is 211 g/mol. The summed E-state index contributed by atoms with van der Waals surface area (Å²) in [6, 6.07) is 13.0. The summed E-state index contributed by atoms with van der Waals surface area (Å²) < 4.78 is 0. The van der Waals surface area contributed by atoms with Crippen LogP contribution in [0.5, 0.6) is 0 Å². The van der Waals surface area contributed by atoms with Crippen LogP contribution >= 0.6 is 0 Å². The third-order valence-corrected chi connectivity index (χ3v) is 3.10. The summed E-state index contributed by atoms with van der Waals surface area (Å²) >= 11 is 0. The van der Waals surface area contributed by atoms with Gasteiger partial charge < -0.3 is 5.73 Å². The first kappa shape index (κ1) is 10.2. The fourth-order valence-electron chi connectivity index (χ4n) is 2.18. The average Bonchev–Trinajstić information content (AvgIpc) is 2.99. The van der Waals surface area contributed by atoms with Gasteiger partial charge in [-0.05, 0) is 5.56 Å². The van der Waals surface area contributed by atoms with Gasteiger partial charge in [0.05, 0.1) is 18.1 Å². The maximum absolute atomic E-state index is 11.3. The largest absolute Gasteiger partial charge is 0.368 e. The van der Waals surface area contributed by atoms with Crippen LogP contribution in [0.4, 0.5) is 0 Å². The molecule has 0 heterocycles. The van der Waals surface area contributed by atoms with Crippen molar-refractivity contribution >= 4 is 5.91 Å². The highest BCUT2D eigenvalue weighted by Crippen LogP contribution is 2.63. The van der Waals surface area contributed by atoms with Crippen molar-refractivity contribution < 1.29 is 4.79 Å². The van der Waals surface area contributed by atoms with E-state index in [0.29, 0.717) is 0 Å². The monoisotopic (exact) mass is 211 g/mol. The zero-order valence-corrected chi connectivity index (χ0v) is 8.42. The molecule has 2 rings (SSSR count). The molecule has 2 N–H and O–H groups in total. The topological polar surface area (TPSA) is 90.7 Å². The first-order valence-corrected chi connectivity index (χ1v) is 4.84. The summed E-state index contributed by atoms with van der Waals surface area (Å²) in [5.41, 5.74) is 4.70. The molecular formula is C12H9N3O. The number of primary amides is 1. The van der Waals surface area contributed by atoms with Gasteiger partial charge in [0.1, 0.15) is 0 Å². The van der Waals surface area contributed by atoms with Crippen LogP contribution in [0.2, 0.25) is 0 Å². The molecule has 1 aliphatic rings. The number of nitriles is 2. The van der Waals surface area contributed by atoms with Gasteiger partial charge in [-0.2, -0.15) is 10.5 Å². The Morgan fingerprint density at radius 1 is 1.31 bits per heavy atom. The minimum absolute atomic E-state index is 0.388. The van der Waals surface area contributed by atoms with E-state index in [2.05, 4.69) is 0 Å². The standard InChI is InChI=1S/C12H9N3O/c13-6-9-10(8-4-2-1-3-5-8)12(9,7-14)11(15)16/h1-5,9-10H,(H2,15,16)/t9-,10-,12+/m0/s1. The zero-order chi connectivity index (χ0) is 11.8. The molecular weight excluding hydrogens is 202 g/mol. The van der Waals surface area contributed by atoms with Crippen molar-refractivity contribution in [2.45, 2.75) is 5.92 Å². The molecule has 3 atom stereocenters. The van der Waals surface area contributed by atoms with Crippen LogP contribution in [0.25, 0.3) is 0 Å². The summed E-state index contributed by atoms with van der Waals surface area (Å²) in [4.78, 5) is 11.3. The number of carbonyl (C=O) groups excluding carboxylic acids is 1. The lowest BCUT2D eigenvalue weighted by molar-refractivity contribution is -0.121. The van der Waals surface area contributed by atoms with Crippen molar-refractivity contribution in [1.82, 2.24) is 0 Å². The van der Waals surface area contributed by atoms with Crippen LogP contribution in [0, 0.1) is 34.0 Å². The van der Waals surface area contributed by atoms with Gasteiger partial charge in [-0.3, -0.25) is 4.79 Å². The Labute approximate surface area is 92.9 Å². The van der Waals surface area contributed by atoms with Gasteiger partial charge in [-0.25, -0.2) is 0 Å². The number of benzene rings is 1. The Morgan fingerprint density at radius 2 is 1.94 bits per heavy atom. The molecule has 1 amide bonds. The van der Waals surface area contributed by atoms with Crippen molar-refractivity contribution in [2.24, 2.45) is 17.1 Å². The molecule has 1 aromatic rings. The predicted molar refractivity (Wildman–Crippen MR) is 55.5 cm³/mol. The van der Waals surface area contributed by atoms with Gasteiger partial charge >= 0.3 is 0 Å². The number of hydrogen-bond donors (Lipinski definition) is 1. The summed E-state index contributed by atoms with van der Waals surface area (Å²) in [5, 5.41) is 18.0. The highest BCUT2D eigenvalue weighted by atomic mass is 16.1. The lowest BCUT2D eigenvalue weighted by Crippen LogP contribution is -2.26. The second-order valence-corrected chi connectivity index (χ2v) is 3.84. The van der Waals surface area contributed by atoms with Crippen molar-refractivity contribution in [3.63, 3.8) is 0 Å². The number of carbonyl (C=O) groups is 1. The normalized spacial score (nSPS) is 31.1. The number of nitrogens with zero attached hydrogens (tertiary/aromatic N) is 2. The molecule has 1 aliphatic carbocycles. The number of hydrogen-bond acceptors (Lipinski definition) is 3. The second-order valence-electron chi connectivity index (χ2n) is 3.84. The molecule has 0 bridgehead atoms. The fraction of sp³-hybridized carbons (Fsp3) is 0.250. The van der Waals surface area contributed by atoms with E-state index in [-0.39, 0.29) is 5.92 Å². The molecule has 78 valence electrons. The van der Waals surface area contributed by atoms with Crippen molar-refractivity contribution in [3.8, 4) is 12.1 Å². The van der Waals surface area contributed by atoms with Gasteiger partial charge in [0.25, 0.3) is 0 Å². The van der Waals surface area contributed by atoms with E-state index in [1.807, 2.05) is 30.3 Å². The third kappa shape index (κ3) is 1.11. The molecule has 0 saturated heterocycles. The van der Waals surface area contributed by atoms with E-state index in [4.69, 9.17) is 16.3 Å². The number of amides is 1. The lowest BCUT2D eigenvalue weighted by Gasteiger charge is -2.02. The molecule has 4 heteroatoms. The van der Waals surface area contributed by atoms with E-state index >= 15 is 0 Å². The zero-order valence-electron chi connectivity index (χ0n) is 8.42. The van der Waals surface area contributed by atoms with Crippen molar-refractivity contribution in [1.29, 1.82) is 10.5 Å². The fourth-order valence-corrected chi connectivity index (χ4v) is 2.18. The first-order chi connectivity index (χ1) is 7.68. The molecule has 0 aliphatic heterocycles. The van der Waals surface area contributed by atoms with Crippen molar-refractivity contribution in [2.75, 3.05) is 0 Å². The molecule has 1 aromatic carbocycles. The second kappa shape index (κ2) is 3.36. The van der Waals surface area contributed by atoms with Crippen LogP contribution < -0.4 is 5.73 Å². The van der Waals surface area contributed by atoms with Crippen LogP contribution in [0.15, 0.2) is 30.3 Å². The smallest absolute Gasteiger partial charge is 0.239 e. The molecule has 16 heavy (non-hydrogen) atoms. The Hall–Kier alpha value is -2.33. The molecule has 4 nitrogen and oxygen atoms in total. The SMILES string of the molecule is N#C[C@H]1[C@H](c2ccccc2)[C@]1(C#N)C(N)=O. The van der Waals surface area contributed by atoms with Gasteiger partial charge in [0.2, 0.25) is 5.91 Å². The lowest BCUT2D eigenvalue weighted by atomic mass is 10.00. The van der Waals surface area contributed by atoms with E-state index < -0.39 is 17.2 Å². The summed E-state index contributed by atoms with van der Waals surface area (Å²) in [6.45, 7) is 0. The Balaban J connectivity index is 2.44. The highest BCUT2D eigenvalue weighted by Gasteiger charge is 2.71. The van der Waals surface area contributed by atoms with E-state index in [9.17, 15) is 4.79 Å².